The number of aryl methyl sites for hydroxylation is 1. The quantitative estimate of drug-likeness (QED) is 0.586. The van der Waals surface area contributed by atoms with Gasteiger partial charge in [-0.2, -0.15) is 4.98 Å². The van der Waals surface area contributed by atoms with Crippen LogP contribution in [0.15, 0.2) is 60.8 Å². The Morgan fingerprint density at radius 3 is 2.84 bits per heavy atom. The number of carbonyl (C=O) groups excluding carboxylic acids is 1. The first-order valence-corrected chi connectivity index (χ1v) is 10.9. The zero-order valence-corrected chi connectivity index (χ0v) is 18.3. The maximum absolute atomic E-state index is 12.7. The smallest absolute Gasteiger partial charge is 0.227 e. The van der Waals surface area contributed by atoms with Gasteiger partial charge >= 0.3 is 0 Å². The molecule has 1 aliphatic heterocycles. The molecule has 3 aromatic rings. The van der Waals surface area contributed by atoms with Gasteiger partial charge in [-0.3, -0.25) is 4.79 Å². The molecule has 7 heteroatoms. The molecule has 0 spiro atoms. The van der Waals surface area contributed by atoms with Crippen LogP contribution in [0.2, 0.25) is 5.02 Å². The van der Waals surface area contributed by atoms with E-state index in [4.69, 9.17) is 11.6 Å². The summed E-state index contributed by atoms with van der Waals surface area (Å²) < 4.78 is 0. The van der Waals surface area contributed by atoms with Gasteiger partial charge in [0, 0.05) is 36.5 Å². The standard InChI is InChI=1S/C24H26ClN5O/c1-17-7-9-21(10-8-17)28-22-11-12-26-24(29-22)30-13-3-5-19(16-30)23(31)27-15-18-4-2-6-20(25)14-18/h2,4,6-12,14,19H,3,5,13,15-16H2,1H3,(H,27,31)(H,26,28,29). The third-order valence-corrected chi connectivity index (χ3v) is 5.63. The first-order chi connectivity index (χ1) is 15.1. The van der Waals surface area contributed by atoms with E-state index in [1.165, 1.54) is 5.56 Å². The number of carbonyl (C=O) groups is 1. The number of hydrogen-bond acceptors (Lipinski definition) is 5. The SMILES string of the molecule is Cc1ccc(Nc2ccnc(N3CCCC(C(=O)NCc4cccc(Cl)c4)C3)n2)cc1. The predicted molar refractivity (Wildman–Crippen MR) is 125 cm³/mol. The summed E-state index contributed by atoms with van der Waals surface area (Å²) in [4.78, 5) is 23.9. The second-order valence-electron chi connectivity index (χ2n) is 7.87. The highest BCUT2D eigenvalue weighted by Crippen LogP contribution is 2.23. The van der Waals surface area contributed by atoms with E-state index in [2.05, 4.69) is 44.6 Å². The zero-order valence-electron chi connectivity index (χ0n) is 17.5. The summed E-state index contributed by atoms with van der Waals surface area (Å²) in [5.41, 5.74) is 3.18. The van der Waals surface area contributed by atoms with Crippen LogP contribution in [-0.2, 0) is 11.3 Å². The molecular formula is C24H26ClN5O. The number of hydrogen-bond donors (Lipinski definition) is 2. The van der Waals surface area contributed by atoms with Crippen LogP contribution in [0, 0.1) is 12.8 Å². The molecule has 2 N–H and O–H groups in total. The maximum atomic E-state index is 12.7. The Hall–Kier alpha value is -3.12. The van der Waals surface area contributed by atoms with E-state index in [1.54, 1.807) is 6.20 Å². The molecule has 4 rings (SSSR count). The molecular weight excluding hydrogens is 410 g/mol. The van der Waals surface area contributed by atoms with Crippen LogP contribution >= 0.6 is 11.6 Å². The van der Waals surface area contributed by atoms with Crippen molar-refractivity contribution in [3.05, 3.63) is 76.9 Å². The fraction of sp³-hybridized carbons (Fsp3) is 0.292. The van der Waals surface area contributed by atoms with Crippen LogP contribution in [-0.4, -0.2) is 29.0 Å². The van der Waals surface area contributed by atoms with Gasteiger partial charge in [0.25, 0.3) is 0 Å². The largest absolute Gasteiger partial charge is 0.352 e. The summed E-state index contributed by atoms with van der Waals surface area (Å²) in [5, 5.41) is 7.03. The molecule has 1 atom stereocenters. The molecule has 1 fully saturated rings. The molecule has 0 saturated carbocycles. The van der Waals surface area contributed by atoms with Gasteiger partial charge in [0.2, 0.25) is 11.9 Å². The van der Waals surface area contributed by atoms with Crippen LogP contribution in [0.4, 0.5) is 17.5 Å². The zero-order chi connectivity index (χ0) is 21.6. The van der Waals surface area contributed by atoms with Gasteiger partial charge in [-0.15, -0.1) is 0 Å². The van der Waals surface area contributed by atoms with Gasteiger partial charge in [0.05, 0.1) is 5.92 Å². The highest BCUT2D eigenvalue weighted by atomic mass is 35.5. The van der Waals surface area contributed by atoms with E-state index in [0.29, 0.717) is 24.1 Å². The van der Waals surface area contributed by atoms with E-state index in [-0.39, 0.29) is 11.8 Å². The minimum Gasteiger partial charge on any atom is -0.352 e. The van der Waals surface area contributed by atoms with Crippen molar-refractivity contribution in [3.63, 3.8) is 0 Å². The summed E-state index contributed by atoms with van der Waals surface area (Å²) in [6, 6.07) is 17.6. The van der Waals surface area contributed by atoms with Crippen molar-refractivity contribution in [1.82, 2.24) is 15.3 Å². The van der Waals surface area contributed by atoms with Gasteiger partial charge in [-0.05, 0) is 55.7 Å². The van der Waals surface area contributed by atoms with Crippen molar-refractivity contribution < 1.29 is 4.79 Å². The Labute approximate surface area is 187 Å². The van der Waals surface area contributed by atoms with Crippen LogP contribution in [0.3, 0.4) is 0 Å². The first kappa shape index (κ1) is 21.1. The van der Waals surface area contributed by atoms with Crippen LogP contribution in [0.1, 0.15) is 24.0 Å². The Morgan fingerprint density at radius 1 is 1.19 bits per heavy atom. The second kappa shape index (κ2) is 9.79. The van der Waals surface area contributed by atoms with Gasteiger partial charge in [-0.1, -0.05) is 41.4 Å². The Kier molecular flexibility index (Phi) is 6.67. The number of amides is 1. The molecule has 0 aliphatic carbocycles. The average molecular weight is 436 g/mol. The monoisotopic (exact) mass is 435 g/mol. The number of nitrogens with one attached hydrogen (secondary N) is 2. The summed E-state index contributed by atoms with van der Waals surface area (Å²) in [5.74, 6) is 1.34. The van der Waals surface area contributed by atoms with Crippen LogP contribution < -0.4 is 15.5 Å². The minimum atomic E-state index is -0.0924. The van der Waals surface area contributed by atoms with E-state index < -0.39 is 0 Å². The van der Waals surface area contributed by atoms with Crippen molar-refractivity contribution in [2.24, 2.45) is 5.92 Å². The molecule has 1 unspecified atom stereocenters. The number of benzene rings is 2. The van der Waals surface area contributed by atoms with Gasteiger partial charge in [0.15, 0.2) is 0 Å². The topological polar surface area (TPSA) is 70.2 Å². The summed E-state index contributed by atoms with van der Waals surface area (Å²) in [6.45, 7) is 3.98. The number of nitrogens with zero attached hydrogens (tertiary/aromatic N) is 3. The Bertz CT molecular complexity index is 1040. The number of rotatable bonds is 6. The molecule has 1 amide bonds. The van der Waals surface area contributed by atoms with Crippen molar-refractivity contribution in [2.75, 3.05) is 23.3 Å². The van der Waals surface area contributed by atoms with Crippen molar-refractivity contribution in [1.29, 1.82) is 0 Å². The summed E-state index contributed by atoms with van der Waals surface area (Å²) in [6.07, 6.45) is 3.54. The number of halogens is 1. The molecule has 2 heterocycles. The molecule has 0 bridgehead atoms. The third-order valence-electron chi connectivity index (χ3n) is 5.40. The molecule has 0 radical (unpaired) electrons. The van der Waals surface area contributed by atoms with Crippen molar-refractivity contribution in [2.45, 2.75) is 26.3 Å². The number of piperidine rings is 1. The maximum Gasteiger partial charge on any atom is 0.227 e. The molecule has 2 aromatic carbocycles. The van der Waals surface area contributed by atoms with E-state index in [0.717, 1.165) is 36.5 Å². The van der Waals surface area contributed by atoms with E-state index in [9.17, 15) is 4.79 Å². The molecule has 6 nitrogen and oxygen atoms in total. The molecule has 1 aromatic heterocycles. The molecule has 31 heavy (non-hydrogen) atoms. The van der Waals surface area contributed by atoms with Crippen LogP contribution in [0.5, 0.6) is 0 Å². The lowest BCUT2D eigenvalue weighted by atomic mass is 9.97. The van der Waals surface area contributed by atoms with Gasteiger partial charge < -0.3 is 15.5 Å². The van der Waals surface area contributed by atoms with E-state index >= 15 is 0 Å². The number of anilines is 3. The summed E-state index contributed by atoms with van der Waals surface area (Å²) in [7, 11) is 0. The fourth-order valence-corrected chi connectivity index (χ4v) is 3.92. The Morgan fingerprint density at radius 2 is 2.03 bits per heavy atom. The molecule has 1 aliphatic rings. The normalized spacial score (nSPS) is 16.1. The highest BCUT2D eigenvalue weighted by Gasteiger charge is 2.27. The minimum absolute atomic E-state index is 0.0543. The van der Waals surface area contributed by atoms with Crippen molar-refractivity contribution >= 4 is 35.0 Å². The lowest BCUT2D eigenvalue weighted by molar-refractivity contribution is -0.125. The predicted octanol–water partition coefficient (Wildman–Crippen LogP) is 4.71. The first-order valence-electron chi connectivity index (χ1n) is 10.5. The third kappa shape index (κ3) is 5.73. The van der Waals surface area contributed by atoms with E-state index in [1.807, 2.05) is 42.5 Å². The fourth-order valence-electron chi connectivity index (χ4n) is 3.71. The Balaban J connectivity index is 1.37. The van der Waals surface area contributed by atoms with Crippen LogP contribution in [0.25, 0.3) is 0 Å². The van der Waals surface area contributed by atoms with Gasteiger partial charge in [0.1, 0.15) is 5.82 Å². The summed E-state index contributed by atoms with van der Waals surface area (Å²) >= 11 is 6.03. The molecule has 1 saturated heterocycles. The average Bonchev–Trinajstić information content (AvgIpc) is 2.79. The second-order valence-corrected chi connectivity index (χ2v) is 8.30. The van der Waals surface area contributed by atoms with Gasteiger partial charge in [-0.25, -0.2) is 4.98 Å². The van der Waals surface area contributed by atoms with Crippen molar-refractivity contribution in [3.8, 4) is 0 Å². The number of aromatic nitrogens is 2. The lowest BCUT2D eigenvalue weighted by Crippen LogP contribution is -2.43. The lowest BCUT2D eigenvalue weighted by Gasteiger charge is -2.32. The molecule has 160 valence electrons. The highest BCUT2D eigenvalue weighted by molar-refractivity contribution is 6.30.